The quantitative estimate of drug-likeness (QED) is 0.715. The number of carboxylic acid groups (broad SMARTS) is 1. The van der Waals surface area contributed by atoms with E-state index in [1.54, 1.807) is 6.92 Å². The second-order valence-corrected chi connectivity index (χ2v) is 0.747. The van der Waals surface area contributed by atoms with Crippen molar-refractivity contribution in [3.05, 3.63) is 0 Å². The number of rotatable bonds is 1. The SMILES string of the molecule is CCC(=O)O.[Tb]. The van der Waals surface area contributed by atoms with Crippen LogP contribution >= 0.6 is 0 Å². The Morgan fingerprint density at radius 3 is 2.00 bits per heavy atom. The van der Waals surface area contributed by atoms with Gasteiger partial charge >= 0.3 is 5.97 Å². The molecule has 2 nitrogen and oxygen atoms in total. The molecule has 0 fully saturated rings. The first-order valence-corrected chi connectivity index (χ1v) is 1.49. The van der Waals surface area contributed by atoms with Crippen molar-refractivity contribution in [2.24, 2.45) is 0 Å². The first-order valence-electron chi connectivity index (χ1n) is 1.49. The Morgan fingerprint density at radius 2 is 2.00 bits per heavy atom. The first-order chi connectivity index (χ1) is 2.27. The fraction of sp³-hybridized carbons (Fsp3) is 0.667. The maximum absolute atomic E-state index is 9.37. The summed E-state index contributed by atoms with van der Waals surface area (Å²) in [5, 5.41) is 7.72. The average molecular weight is 233 g/mol. The fourth-order valence-electron chi connectivity index (χ4n) is 0. The third-order valence-electron chi connectivity index (χ3n) is 0.302. The van der Waals surface area contributed by atoms with Crippen molar-refractivity contribution in [3.63, 3.8) is 0 Å². The molecule has 0 aromatic rings. The fourth-order valence-corrected chi connectivity index (χ4v) is 0. The standard InChI is InChI=1S/C3H6O2.Tb/c1-2-3(4)5;/h2H2,1H3,(H,4,5);. The molecule has 0 saturated heterocycles. The number of hydrogen-bond donors (Lipinski definition) is 1. The summed E-state index contributed by atoms with van der Waals surface area (Å²) < 4.78 is 0. The zero-order valence-corrected chi connectivity index (χ0v) is 5.53. The van der Waals surface area contributed by atoms with Gasteiger partial charge in [0.05, 0.1) is 0 Å². The Morgan fingerprint density at radius 1 is 1.83 bits per heavy atom. The van der Waals surface area contributed by atoms with Crippen LogP contribution in [0, 0.1) is 38.6 Å². The van der Waals surface area contributed by atoms with E-state index >= 15 is 0 Å². The second-order valence-electron chi connectivity index (χ2n) is 0.747. The molecule has 3 heteroatoms. The third kappa shape index (κ3) is 8.83. The molecular weight excluding hydrogens is 227 g/mol. The van der Waals surface area contributed by atoms with Crippen molar-refractivity contribution in [3.8, 4) is 0 Å². The smallest absolute Gasteiger partial charge is 0.303 e. The van der Waals surface area contributed by atoms with Crippen LogP contribution in [0.1, 0.15) is 13.3 Å². The van der Waals surface area contributed by atoms with E-state index in [-0.39, 0.29) is 45.0 Å². The van der Waals surface area contributed by atoms with Crippen LogP contribution in [-0.2, 0) is 4.79 Å². The van der Waals surface area contributed by atoms with Gasteiger partial charge < -0.3 is 5.11 Å². The Bertz CT molecular complexity index is 44.1. The summed E-state index contributed by atoms with van der Waals surface area (Å²) in [5.41, 5.74) is 0. The summed E-state index contributed by atoms with van der Waals surface area (Å²) in [6, 6.07) is 0. The van der Waals surface area contributed by atoms with Crippen molar-refractivity contribution in [1.82, 2.24) is 0 Å². The molecule has 39 valence electrons. The predicted octanol–water partition coefficient (Wildman–Crippen LogP) is 0.481. The van der Waals surface area contributed by atoms with Gasteiger partial charge in [0.1, 0.15) is 0 Å². The minimum atomic E-state index is -0.745. The van der Waals surface area contributed by atoms with E-state index in [0.717, 1.165) is 0 Å². The first kappa shape index (κ1) is 9.90. The molecular formula is C3H6O2Tb. The summed E-state index contributed by atoms with van der Waals surface area (Å²) in [7, 11) is 0. The van der Waals surface area contributed by atoms with E-state index in [2.05, 4.69) is 0 Å². The second kappa shape index (κ2) is 5.76. The van der Waals surface area contributed by atoms with Gasteiger partial charge in [-0.3, -0.25) is 4.79 Å². The number of carbonyl (C=O) groups is 1. The van der Waals surface area contributed by atoms with Gasteiger partial charge in [0.2, 0.25) is 0 Å². The molecule has 0 aliphatic heterocycles. The molecule has 0 saturated carbocycles. The molecule has 0 rings (SSSR count). The summed E-state index contributed by atoms with van der Waals surface area (Å²) in [6.45, 7) is 1.60. The Hall–Kier alpha value is 0.756. The van der Waals surface area contributed by atoms with Crippen molar-refractivity contribution in [2.75, 3.05) is 0 Å². The number of carboxylic acids is 1. The zero-order valence-electron chi connectivity index (χ0n) is 3.40. The molecule has 0 bridgehead atoms. The van der Waals surface area contributed by atoms with Gasteiger partial charge in [-0.25, -0.2) is 0 Å². The predicted molar refractivity (Wildman–Crippen MR) is 17.9 cm³/mol. The van der Waals surface area contributed by atoms with Crippen LogP contribution in [0.15, 0.2) is 0 Å². The number of aliphatic carboxylic acids is 1. The molecule has 0 aliphatic carbocycles. The summed E-state index contributed by atoms with van der Waals surface area (Å²) in [6.07, 6.45) is 0.222. The molecule has 0 spiro atoms. The minimum Gasteiger partial charge on any atom is -0.481 e. The monoisotopic (exact) mass is 233 g/mol. The van der Waals surface area contributed by atoms with Gasteiger partial charge in [-0.05, 0) is 0 Å². The molecule has 1 N–H and O–H groups in total. The Balaban J connectivity index is 0. The Labute approximate surface area is 67.4 Å². The topological polar surface area (TPSA) is 37.3 Å². The third-order valence-corrected chi connectivity index (χ3v) is 0.302. The van der Waals surface area contributed by atoms with E-state index in [4.69, 9.17) is 5.11 Å². The van der Waals surface area contributed by atoms with Crippen molar-refractivity contribution in [1.29, 1.82) is 0 Å². The zero-order chi connectivity index (χ0) is 4.28. The van der Waals surface area contributed by atoms with Crippen LogP contribution in [0.3, 0.4) is 0 Å². The molecule has 0 aromatic carbocycles. The van der Waals surface area contributed by atoms with Crippen LogP contribution < -0.4 is 0 Å². The van der Waals surface area contributed by atoms with Gasteiger partial charge in [-0.2, -0.15) is 0 Å². The minimum absolute atomic E-state index is 0. The molecule has 1 radical (unpaired) electrons. The largest absolute Gasteiger partial charge is 0.481 e. The summed E-state index contributed by atoms with van der Waals surface area (Å²) in [4.78, 5) is 9.37. The van der Waals surface area contributed by atoms with E-state index in [9.17, 15) is 4.79 Å². The maximum Gasteiger partial charge on any atom is 0.303 e. The average Bonchev–Trinajstić information content (AvgIpc) is 1.38. The molecule has 0 amide bonds. The molecule has 0 heterocycles. The maximum atomic E-state index is 9.37. The number of hydrogen-bond acceptors (Lipinski definition) is 1. The van der Waals surface area contributed by atoms with Crippen molar-refractivity contribution >= 4 is 5.97 Å². The van der Waals surface area contributed by atoms with Crippen molar-refractivity contribution in [2.45, 2.75) is 13.3 Å². The molecule has 0 aromatic heterocycles. The molecule has 0 unspecified atom stereocenters. The van der Waals surface area contributed by atoms with Crippen LogP contribution in [0.25, 0.3) is 0 Å². The normalized spacial score (nSPS) is 6.17. The summed E-state index contributed by atoms with van der Waals surface area (Å²) >= 11 is 0. The van der Waals surface area contributed by atoms with Crippen LogP contribution in [0.2, 0.25) is 0 Å². The van der Waals surface area contributed by atoms with Gasteiger partial charge in [-0.15, -0.1) is 0 Å². The van der Waals surface area contributed by atoms with Gasteiger partial charge in [-0.1, -0.05) is 6.92 Å². The van der Waals surface area contributed by atoms with Gasteiger partial charge in [0, 0.05) is 45.0 Å². The summed E-state index contributed by atoms with van der Waals surface area (Å²) in [5.74, 6) is -0.745. The van der Waals surface area contributed by atoms with E-state index in [0.29, 0.717) is 0 Å². The van der Waals surface area contributed by atoms with E-state index in [1.165, 1.54) is 0 Å². The van der Waals surface area contributed by atoms with Gasteiger partial charge in [0.15, 0.2) is 0 Å². The van der Waals surface area contributed by atoms with Crippen molar-refractivity contribution < 1.29 is 48.5 Å². The van der Waals surface area contributed by atoms with Crippen LogP contribution in [-0.4, -0.2) is 11.1 Å². The van der Waals surface area contributed by atoms with E-state index < -0.39 is 5.97 Å². The van der Waals surface area contributed by atoms with Gasteiger partial charge in [0.25, 0.3) is 0 Å². The Kier molecular flexibility index (Phi) is 9.49. The molecule has 6 heavy (non-hydrogen) atoms. The van der Waals surface area contributed by atoms with E-state index in [1.807, 2.05) is 0 Å². The molecule has 0 atom stereocenters. The molecule has 0 aliphatic rings. The van der Waals surface area contributed by atoms with Crippen LogP contribution in [0.4, 0.5) is 0 Å². The van der Waals surface area contributed by atoms with Crippen LogP contribution in [0.5, 0.6) is 0 Å².